The Morgan fingerprint density at radius 2 is 0.677 bits per heavy atom. The van der Waals surface area contributed by atoms with Gasteiger partial charge in [-0.15, -0.1) is 0 Å². The zero-order chi connectivity index (χ0) is 48.4. The molecular formula is C36H24Br2F18O6. The van der Waals surface area contributed by atoms with Crippen LogP contribution >= 0.6 is 31.9 Å². The first-order chi connectivity index (χ1) is 28.0. The summed E-state index contributed by atoms with van der Waals surface area (Å²) in [4.78, 5) is 22.0. The Kier molecular flexibility index (Phi) is 19.4. The van der Waals surface area contributed by atoms with Crippen LogP contribution in [-0.4, -0.2) is 36.4 Å². The SMILES string of the molecule is COC(=O)c1ccc(Br)c(C(F)(F)F)c1.COC(=O)c1ccc(C(F)(F)F)c(C(F)(F)F)c1.OCc1ccc(Br)c(C(F)(F)F)c1.OCc1ccc(C(F)(F)F)c(C(F)(F)F)c1. The molecule has 0 bridgehead atoms. The molecule has 62 heavy (non-hydrogen) atoms. The van der Waals surface area contributed by atoms with E-state index in [1.165, 1.54) is 18.2 Å². The Morgan fingerprint density at radius 3 is 1.02 bits per heavy atom. The number of methoxy groups -OCH3 is 2. The van der Waals surface area contributed by atoms with Crippen molar-refractivity contribution in [2.45, 2.75) is 50.3 Å². The highest BCUT2D eigenvalue weighted by molar-refractivity contribution is 9.10. The molecule has 0 aromatic heterocycles. The van der Waals surface area contributed by atoms with E-state index in [4.69, 9.17) is 10.2 Å². The fourth-order valence-electron chi connectivity index (χ4n) is 4.32. The minimum absolute atomic E-state index is 0.0165. The second kappa shape index (κ2) is 21.7. The van der Waals surface area contributed by atoms with Crippen LogP contribution in [0.1, 0.15) is 65.2 Å². The molecule has 0 aliphatic heterocycles. The van der Waals surface area contributed by atoms with Gasteiger partial charge in [-0.1, -0.05) is 44.0 Å². The van der Waals surface area contributed by atoms with Gasteiger partial charge in [0.05, 0.1) is 71.9 Å². The Balaban J connectivity index is 0.000000416. The quantitative estimate of drug-likeness (QED) is 0.156. The Hall–Kier alpha value is -4.56. The summed E-state index contributed by atoms with van der Waals surface area (Å²) in [5, 5.41) is 17.2. The maximum atomic E-state index is 12.5. The van der Waals surface area contributed by atoms with Crippen molar-refractivity contribution in [2.75, 3.05) is 14.2 Å². The third-order valence-corrected chi connectivity index (χ3v) is 8.52. The molecule has 4 rings (SSSR count). The average molecular weight is 1050 g/mol. The van der Waals surface area contributed by atoms with Gasteiger partial charge in [0.2, 0.25) is 0 Å². The Bertz CT molecular complexity index is 2140. The molecule has 4 aromatic carbocycles. The molecule has 4 aromatic rings. The van der Waals surface area contributed by atoms with Crippen molar-refractivity contribution in [1.29, 1.82) is 0 Å². The number of aliphatic hydroxyl groups is 2. The number of esters is 2. The summed E-state index contributed by atoms with van der Waals surface area (Å²) in [6, 6.07) is 9.15. The van der Waals surface area contributed by atoms with Gasteiger partial charge < -0.3 is 19.7 Å². The standard InChI is InChI=1S/C10H6F6O2.C9H6BrF3O2.C9H6F6O.C8H6BrF3O/c1-18-8(17)5-2-3-6(9(11,12)13)7(4-5)10(14,15)16;1-15-8(14)5-2-3-7(10)6(4-5)9(11,12)13;10-8(11,12)6-2-1-5(4-16)3-7(6)9(13,14)15;9-7-2-1-5(4-13)3-6(7)8(10,11)12/h2-4H,1H3;2-4H,1H3;1-3,16H,4H2;1-3,13H,4H2. The van der Waals surface area contributed by atoms with Gasteiger partial charge in [-0.05, 0) is 71.8 Å². The molecule has 344 valence electrons. The normalized spacial score (nSPS) is 12.1. The average Bonchev–Trinajstić information content (AvgIpc) is 3.15. The highest BCUT2D eigenvalue weighted by atomic mass is 79.9. The number of ether oxygens (including phenoxy) is 2. The van der Waals surface area contributed by atoms with Crippen LogP contribution < -0.4 is 0 Å². The lowest BCUT2D eigenvalue weighted by molar-refractivity contribution is -0.162. The lowest BCUT2D eigenvalue weighted by atomic mass is 10.0. The number of hydrogen-bond acceptors (Lipinski definition) is 6. The van der Waals surface area contributed by atoms with E-state index in [1.807, 2.05) is 0 Å². The number of benzene rings is 4. The van der Waals surface area contributed by atoms with E-state index >= 15 is 0 Å². The van der Waals surface area contributed by atoms with Crippen molar-refractivity contribution in [3.05, 3.63) is 137 Å². The smallest absolute Gasteiger partial charge is 0.417 e. The number of rotatable bonds is 4. The van der Waals surface area contributed by atoms with Crippen LogP contribution in [0.4, 0.5) is 79.0 Å². The lowest BCUT2D eigenvalue weighted by Crippen LogP contribution is -2.17. The van der Waals surface area contributed by atoms with Crippen molar-refractivity contribution >= 4 is 43.8 Å². The molecule has 0 atom stereocenters. The second-order valence-electron chi connectivity index (χ2n) is 11.4. The predicted octanol–water partition coefficient (Wildman–Crippen LogP) is 12.9. The highest BCUT2D eigenvalue weighted by Gasteiger charge is 2.44. The molecule has 0 saturated heterocycles. The summed E-state index contributed by atoms with van der Waals surface area (Å²) in [5.41, 5.74) is -9.67. The van der Waals surface area contributed by atoms with Crippen molar-refractivity contribution in [1.82, 2.24) is 0 Å². The second-order valence-corrected chi connectivity index (χ2v) is 13.1. The topological polar surface area (TPSA) is 93.1 Å². The first kappa shape index (κ1) is 55.5. The van der Waals surface area contributed by atoms with Crippen LogP contribution in [0.5, 0.6) is 0 Å². The number of hydrogen-bond donors (Lipinski definition) is 2. The molecule has 26 heteroatoms. The summed E-state index contributed by atoms with van der Waals surface area (Å²) < 4.78 is 231. The summed E-state index contributed by atoms with van der Waals surface area (Å²) in [5.74, 6) is -1.94. The summed E-state index contributed by atoms with van der Waals surface area (Å²) >= 11 is 5.56. The lowest BCUT2D eigenvalue weighted by Gasteiger charge is -2.16. The monoisotopic (exact) mass is 1050 g/mol. The van der Waals surface area contributed by atoms with Crippen LogP contribution in [0, 0.1) is 0 Å². The third kappa shape index (κ3) is 16.6. The minimum Gasteiger partial charge on any atom is -0.465 e. The van der Waals surface area contributed by atoms with Gasteiger partial charge in [-0.25, -0.2) is 9.59 Å². The molecule has 0 saturated carbocycles. The van der Waals surface area contributed by atoms with Gasteiger partial charge in [-0.2, -0.15) is 79.0 Å². The van der Waals surface area contributed by atoms with E-state index in [9.17, 15) is 88.6 Å². The van der Waals surface area contributed by atoms with E-state index in [1.54, 1.807) is 0 Å². The minimum atomic E-state index is -5.21. The maximum Gasteiger partial charge on any atom is 0.417 e. The largest absolute Gasteiger partial charge is 0.465 e. The van der Waals surface area contributed by atoms with Crippen molar-refractivity contribution in [3.8, 4) is 0 Å². The van der Waals surface area contributed by atoms with Crippen LogP contribution in [0.25, 0.3) is 0 Å². The molecule has 0 fully saturated rings. The molecule has 0 aliphatic carbocycles. The number of halogens is 20. The maximum absolute atomic E-state index is 12.5. The molecule has 0 aliphatic rings. The molecule has 0 amide bonds. The summed E-state index contributed by atoms with van der Waals surface area (Å²) in [6.07, 6.45) is -29.4. The number of aliphatic hydroxyl groups excluding tert-OH is 2. The van der Waals surface area contributed by atoms with Gasteiger partial charge in [0, 0.05) is 8.95 Å². The first-order valence-corrected chi connectivity index (χ1v) is 17.3. The van der Waals surface area contributed by atoms with Crippen LogP contribution in [0.15, 0.2) is 81.7 Å². The van der Waals surface area contributed by atoms with E-state index in [-0.39, 0.29) is 37.8 Å². The van der Waals surface area contributed by atoms with E-state index in [0.29, 0.717) is 18.2 Å². The van der Waals surface area contributed by atoms with Crippen molar-refractivity contribution < 1.29 is 108 Å². The fourth-order valence-corrected chi connectivity index (χ4v) is 5.26. The molecule has 2 N–H and O–H groups in total. The van der Waals surface area contributed by atoms with E-state index in [0.717, 1.165) is 38.5 Å². The molecule has 6 nitrogen and oxygen atoms in total. The summed E-state index contributed by atoms with van der Waals surface area (Å²) in [6.45, 7) is -1.14. The number of carbonyl (C=O) groups is 2. The molecule has 0 spiro atoms. The van der Waals surface area contributed by atoms with Gasteiger partial charge in [0.1, 0.15) is 0 Å². The van der Waals surface area contributed by atoms with Crippen molar-refractivity contribution in [3.63, 3.8) is 0 Å². The predicted molar refractivity (Wildman–Crippen MR) is 186 cm³/mol. The zero-order valence-electron chi connectivity index (χ0n) is 30.4. The van der Waals surface area contributed by atoms with Gasteiger partial charge in [0.25, 0.3) is 0 Å². The molecule has 0 radical (unpaired) electrons. The number of alkyl halides is 18. The van der Waals surface area contributed by atoms with Gasteiger partial charge in [-0.3, -0.25) is 0 Å². The molecule has 0 heterocycles. The highest BCUT2D eigenvalue weighted by Crippen LogP contribution is 2.42. The zero-order valence-corrected chi connectivity index (χ0v) is 33.6. The first-order valence-electron chi connectivity index (χ1n) is 15.7. The Morgan fingerprint density at radius 1 is 0.419 bits per heavy atom. The summed E-state index contributed by atoms with van der Waals surface area (Å²) in [7, 11) is 2.02. The van der Waals surface area contributed by atoms with Crippen LogP contribution in [-0.2, 0) is 59.7 Å². The van der Waals surface area contributed by atoms with E-state index in [2.05, 4.69) is 41.3 Å². The van der Waals surface area contributed by atoms with E-state index < -0.39 is 101 Å². The van der Waals surface area contributed by atoms with Gasteiger partial charge in [0.15, 0.2) is 0 Å². The molecule has 0 unspecified atom stereocenters. The van der Waals surface area contributed by atoms with Crippen LogP contribution in [0.2, 0.25) is 0 Å². The number of carbonyl (C=O) groups excluding carboxylic acids is 2. The van der Waals surface area contributed by atoms with Crippen molar-refractivity contribution in [2.24, 2.45) is 0 Å². The van der Waals surface area contributed by atoms with Gasteiger partial charge >= 0.3 is 49.0 Å². The fraction of sp³-hybridized carbons (Fsp3) is 0.278. The molecular weight excluding hydrogens is 1030 g/mol. The Labute approximate surface area is 353 Å². The third-order valence-electron chi connectivity index (χ3n) is 7.14. The van der Waals surface area contributed by atoms with Crippen LogP contribution in [0.3, 0.4) is 0 Å².